The van der Waals surface area contributed by atoms with Gasteiger partial charge in [0.05, 0.1) is 18.2 Å². The van der Waals surface area contributed by atoms with Crippen LogP contribution < -0.4 is 5.32 Å². The van der Waals surface area contributed by atoms with Crippen LogP contribution >= 0.6 is 0 Å². The van der Waals surface area contributed by atoms with Gasteiger partial charge in [0.15, 0.2) is 0 Å². The molecule has 0 unspecified atom stereocenters. The van der Waals surface area contributed by atoms with Gasteiger partial charge in [-0.2, -0.15) is 0 Å². The van der Waals surface area contributed by atoms with E-state index in [-0.39, 0.29) is 18.0 Å². The third-order valence-corrected chi connectivity index (χ3v) is 5.15. The summed E-state index contributed by atoms with van der Waals surface area (Å²) in [6.07, 6.45) is 0.445. The summed E-state index contributed by atoms with van der Waals surface area (Å²) in [7, 11) is 1.36. The molecule has 1 aliphatic heterocycles. The third-order valence-electron chi connectivity index (χ3n) is 5.15. The average Bonchev–Trinajstić information content (AvgIpc) is 2.78. The number of methoxy groups -OCH3 is 1. The molecule has 146 valence electrons. The van der Waals surface area contributed by atoms with Crippen molar-refractivity contribution >= 4 is 17.6 Å². The zero-order valence-corrected chi connectivity index (χ0v) is 16.2. The number of nitrogens with one attached hydrogen (secondary N) is 1. The van der Waals surface area contributed by atoms with Crippen molar-refractivity contribution in [3.8, 4) is 0 Å². The van der Waals surface area contributed by atoms with E-state index in [2.05, 4.69) is 17.4 Å². The molecule has 1 amide bonds. The summed E-state index contributed by atoms with van der Waals surface area (Å²) in [5.41, 5.74) is 4.06. The van der Waals surface area contributed by atoms with E-state index in [0.29, 0.717) is 17.7 Å². The molecule has 1 heterocycles. The predicted octanol–water partition coefficient (Wildman–Crippen LogP) is 4.28. The van der Waals surface area contributed by atoms with E-state index in [1.54, 1.807) is 12.1 Å². The first-order chi connectivity index (χ1) is 14.2. The molecule has 5 heteroatoms. The van der Waals surface area contributed by atoms with Crippen LogP contribution in [0.15, 0.2) is 78.9 Å². The van der Waals surface area contributed by atoms with Crippen LogP contribution in [0.25, 0.3) is 0 Å². The second-order valence-corrected chi connectivity index (χ2v) is 6.94. The first kappa shape index (κ1) is 18.7. The number of fused-ring (bicyclic) bond motifs is 1. The zero-order valence-electron chi connectivity index (χ0n) is 16.2. The number of hydrogen-bond donors (Lipinski definition) is 1. The van der Waals surface area contributed by atoms with Gasteiger partial charge in [-0.25, -0.2) is 4.79 Å². The smallest absolute Gasteiger partial charge is 0.337 e. The normalized spacial score (nSPS) is 15.4. The number of para-hydroxylation sites is 1. The van der Waals surface area contributed by atoms with E-state index >= 15 is 0 Å². The Morgan fingerprint density at radius 2 is 1.66 bits per heavy atom. The van der Waals surface area contributed by atoms with Gasteiger partial charge in [0.1, 0.15) is 6.17 Å². The highest BCUT2D eigenvalue weighted by molar-refractivity contribution is 6.01. The lowest BCUT2D eigenvalue weighted by Crippen LogP contribution is -2.44. The molecule has 5 nitrogen and oxygen atoms in total. The van der Waals surface area contributed by atoms with Crippen LogP contribution in [0.1, 0.15) is 38.0 Å². The molecule has 3 aromatic rings. The van der Waals surface area contributed by atoms with Crippen molar-refractivity contribution in [1.82, 2.24) is 4.90 Å². The summed E-state index contributed by atoms with van der Waals surface area (Å²) < 4.78 is 4.77. The molecule has 0 bridgehead atoms. The van der Waals surface area contributed by atoms with Gasteiger partial charge >= 0.3 is 5.97 Å². The van der Waals surface area contributed by atoms with Crippen molar-refractivity contribution in [2.24, 2.45) is 0 Å². The Kier molecular flexibility index (Phi) is 5.29. The Morgan fingerprint density at radius 1 is 0.966 bits per heavy atom. The average molecular weight is 386 g/mol. The lowest BCUT2D eigenvalue weighted by atomic mass is 10.0. The number of anilines is 1. The van der Waals surface area contributed by atoms with Crippen LogP contribution in [0, 0.1) is 0 Å². The Morgan fingerprint density at radius 3 is 2.38 bits per heavy atom. The number of amides is 1. The molecular weight excluding hydrogens is 364 g/mol. The van der Waals surface area contributed by atoms with Crippen LogP contribution in [0.5, 0.6) is 0 Å². The van der Waals surface area contributed by atoms with Gasteiger partial charge in [0, 0.05) is 12.2 Å². The van der Waals surface area contributed by atoms with Crippen LogP contribution in [0.2, 0.25) is 0 Å². The van der Waals surface area contributed by atoms with Gasteiger partial charge in [-0.15, -0.1) is 0 Å². The number of ether oxygens (including phenoxy) is 1. The number of carbonyl (C=O) groups excluding carboxylic acids is 2. The molecule has 0 aromatic heterocycles. The van der Waals surface area contributed by atoms with Gasteiger partial charge in [0.2, 0.25) is 0 Å². The van der Waals surface area contributed by atoms with Gasteiger partial charge in [0.25, 0.3) is 5.91 Å². The van der Waals surface area contributed by atoms with Crippen LogP contribution in [0.3, 0.4) is 0 Å². The van der Waals surface area contributed by atoms with Gasteiger partial charge < -0.3 is 15.0 Å². The fraction of sp³-hybridized carbons (Fsp3) is 0.167. The van der Waals surface area contributed by atoms with Crippen molar-refractivity contribution in [3.05, 3.63) is 101 Å². The second kappa shape index (κ2) is 8.19. The van der Waals surface area contributed by atoms with Gasteiger partial charge in [-0.1, -0.05) is 54.6 Å². The van der Waals surface area contributed by atoms with Crippen molar-refractivity contribution in [2.75, 3.05) is 19.0 Å². The molecule has 3 aromatic carbocycles. The number of rotatable bonds is 5. The molecule has 0 saturated carbocycles. The lowest BCUT2D eigenvalue weighted by molar-refractivity contribution is 0.0599. The molecule has 0 aliphatic carbocycles. The minimum Gasteiger partial charge on any atom is -0.465 e. The van der Waals surface area contributed by atoms with Gasteiger partial charge in [-0.3, -0.25) is 4.79 Å². The Balaban J connectivity index is 1.65. The number of benzene rings is 3. The third kappa shape index (κ3) is 3.85. The quantitative estimate of drug-likeness (QED) is 0.665. The Bertz CT molecular complexity index is 1020. The molecule has 1 atom stereocenters. The Labute approximate surface area is 169 Å². The highest BCUT2D eigenvalue weighted by Gasteiger charge is 2.32. The van der Waals surface area contributed by atoms with Crippen molar-refractivity contribution in [1.29, 1.82) is 0 Å². The summed E-state index contributed by atoms with van der Waals surface area (Å²) in [6.45, 7) is 0.577. The number of esters is 1. The van der Waals surface area contributed by atoms with E-state index < -0.39 is 0 Å². The van der Waals surface area contributed by atoms with Crippen LogP contribution in [-0.2, 0) is 11.2 Å². The largest absolute Gasteiger partial charge is 0.465 e. The molecule has 1 aliphatic rings. The van der Waals surface area contributed by atoms with Crippen molar-refractivity contribution in [3.63, 3.8) is 0 Å². The van der Waals surface area contributed by atoms with E-state index in [1.165, 1.54) is 12.7 Å². The molecule has 0 spiro atoms. The molecule has 0 radical (unpaired) electrons. The first-order valence-corrected chi connectivity index (χ1v) is 9.56. The summed E-state index contributed by atoms with van der Waals surface area (Å²) >= 11 is 0. The van der Waals surface area contributed by atoms with E-state index in [0.717, 1.165) is 17.7 Å². The fourth-order valence-corrected chi connectivity index (χ4v) is 3.60. The number of hydrogen-bond acceptors (Lipinski definition) is 4. The molecule has 0 fully saturated rings. The minimum absolute atomic E-state index is 0.00248. The standard InChI is InChI=1S/C24H22N2O3/c1-29-24(28)19-13-11-18(12-14-19)22-25-21-10-6-5-9-20(21)23(27)26(22)16-15-17-7-3-2-4-8-17/h2-14,22,25H,15-16H2,1H3/t22-/m1/s1. The van der Waals surface area contributed by atoms with Crippen molar-refractivity contribution < 1.29 is 14.3 Å². The van der Waals surface area contributed by atoms with Crippen LogP contribution in [-0.4, -0.2) is 30.4 Å². The summed E-state index contributed by atoms with van der Waals surface area (Å²) in [5, 5.41) is 3.48. The lowest BCUT2D eigenvalue weighted by Gasteiger charge is -2.38. The van der Waals surface area contributed by atoms with E-state index in [4.69, 9.17) is 4.74 Å². The van der Waals surface area contributed by atoms with Crippen molar-refractivity contribution in [2.45, 2.75) is 12.6 Å². The predicted molar refractivity (Wildman–Crippen MR) is 112 cm³/mol. The van der Waals surface area contributed by atoms with E-state index in [9.17, 15) is 9.59 Å². The SMILES string of the molecule is COC(=O)c1ccc([C@@H]2Nc3ccccc3C(=O)N2CCc2ccccc2)cc1. The molecule has 29 heavy (non-hydrogen) atoms. The zero-order chi connectivity index (χ0) is 20.2. The summed E-state index contributed by atoms with van der Waals surface area (Å²) in [5.74, 6) is -0.382. The highest BCUT2D eigenvalue weighted by Crippen LogP contribution is 2.33. The van der Waals surface area contributed by atoms with Gasteiger partial charge in [-0.05, 0) is 41.8 Å². The number of carbonyl (C=O) groups is 2. The summed E-state index contributed by atoms with van der Waals surface area (Å²) in [6, 6.07) is 24.8. The fourth-order valence-electron chi connectivity index (χ4n) is 3.60. The molecule has 4 rings (SSSR count). The number of nitrogens with zero attached hydrogens (tertiary/aromatic N) is 1. The maximum Gasteiger partial charge on any atom is 0.337 e. The maximum atomic E-state index is 13.3. The second-order valence-electron chi connectivity index (χ2n) is 6.94. The first-order valence-electron chi connectivity index (χ1n) is 9.56. The highest BCUT2D eigenvalue weighted by atomic mass is 16.5. The Hall–Kier alpha value is -3.60. The summed E-state index contributed by atoms with van der Waals surface area (Å²) in [4.78, 5) is 26.8. The topological polar surface area (TPSA) is 58.6 Å². The molecular formula is C24H22N2O3. The monoisotopic (exact) mass is 386 g/mol. The van der Waals surface area contributed by atoms with E-state index in [1.807, 2.05) is 59.5 Å². The maximum absolute atomic E-state index is 13.3. The molecule has 0 saturated heterocycles. The molecule has 1 N–H and O–H groups in total. The minimum atomic E-state index is -0.379. The van der Waals surface area contributed by atoms with Crippen LogP contribution in [0.4, 0.5) is 5.69 Å².